The Labute approximate surface area is 228 Å². The molecule has 0 bridgehead atoms. The van der Waals surface area contributed by atoms with Gasteiger partial charge in [0.2, 0.25) is 0 Å². The second kappa shape index (κ2) is 11.9. The third-order valence-electron chi connectivity index (χ3n) is 7.23. The minimum atomic E-state index is -5.00. The summed E-state index contributed by atoms with van der Waals surface area (Å²) < 4.78 is 85.6. The number of amides is 1. The SMILES string of the molecule is CCN(CC1CCCC1)c1nc2ccccc2cc1CN(Cc1cc(C(F)(F)F)cc(C(F)(F)F)c1)C(=O)OC. The van der Waals surface area contributed by atoms with Crippen molar-refractivity contribution in [3.63, 3.8) is 0 Å². The highest BCUT2D eigenvalue weighted by Crippen LogP contribution is 2.37. The van der Waals surface area contributed by atoms with Crippen LogP contribution in [0.2, 0.25) is 0 Å². The molecule has 1 aromatic heterocycles. The lowest BCUT2D eigenvalue weighted by atomic mass is 10.0. The number of halogens is 6. The highest BCUT2D eigenvalue weighted by molar-refractivity contribution is 5.82. The average Bonchev–Trinajstić information content (AvgIpc) is 3.42. The van der Waals surface area contributed by atoms with E-state index in [1.54, 1.807) is 0 Å². The van der Waals surface area contributed by atoms with E-state index < -0.39 is 36.1 Å². The maximum absolute atomic E-state index is 13.5. The number of para-hydroxylation sites is 1. The van der Waals surface area contributed by atoms with Crippen molar-refractivity contribution in [3.05, 3.63) is 70.8 Å². The van der Waals surface area contributed by atoms with Crippen molar-refractivity contribution in [2.75, 3.05) is 25.1 Å². The first kappa shape index (κ1) is 29.5. The van der Waals surface area contributed by atoms with Gasteiger partial charge in [0.05, 0.1) is 30.3 Å². The van der Waals surface area contributed by atoms with Crippen LogP contribution in [0.5, 0.6) is 0 Å². The van der Waals surface area contributed by atoms with Crippen LogP contribution in [-0.2, 0) is 30.2 Å². The zero-order valence-electron chi connectivity index (χ0n) is 22.3. The molecule has 216 valence electrons. The van der Waals surface area contributed by atoms with Gasteiger partial charge in [0.1, 0.15) is 5.82 Å². The van der Waals surface area contributed by atoms with E-state index in [0.717, 1.165) is 55.1 Å². The van der Waals surface area contributed by atoms with Crippen LogP contribution < -0.4 is 4.90 Å². The Kier molecular flexibility index (Phi) is 8.80. The molecule has 1 aliphatic rings. The Morgan fingerprint density at radius 2 is 1.57 bits per heavy atom. The van der Waals surface area contributed by atoms with Gasteiger partial charge in [-0.3, -0.25) is 4.90 Å². The molecule has 0 spiro atoms. The number of carbonyl (C=O) groups is 1. The van der Waals surface area contributed by atoms with Gasteiger partial charge in [0.15, 0.2) is 0 Å². The van der Waals surface area contributed by atoms with Crippen molar-refractivity contribution in [3.8, 4) is 0 Å². The van der Waals surface area contributed by atoms with Gasteiger partial charge in [-0.25, -0.2) is 9.78 Å². The molecule has 1 heterocycles. The van der Waals surface area contributed by atoms with Gasteiger partial charge >= 0.3 is 18.4 Å². The predicted octanol–water partition coefficient (Wildman–Crippen LogP) is 8.06. The summed E-state index contributed by atoms with van der Waals surface area (Å²) in [6.45, 7) is 2.74. The number of hydrogen-bond donors (Lipinski definition) is 0. The van der Waals surface area contributed by atoms with Crippen LogP contribution in [0, 0.1) is 5.92 Å². The molecular formula is C29H31F6N3O2. The molecule has 1 aliphatic carbocycles. The van der Waals surface area contributed by atoms with E-state index in [9.17, 15) is 31.1 Å². The zero-order chi connectivity index (χ0) is 29.1. The van der Waals surface area contributed by atoms with Crippen LogP contribution in [0.15, 0.2) is 48.5 Å². The summed E-state index contributed by atoms with van der Waals surface area (Å²) in [6.07, 6.45) is -6.35. The van der Waals surface area contributed by atoms with Gasteiger partial charge in [0.25, 0.3) is 0 Å². The van der Waals surface area contributed by atoms with Crippen molar-refractivity contribution < 1.29 is 35.9 Å². The maximum atomic E-state index is 13.5. The van der Waals surface area contributed by atoms with Crippen LogP contribution in [0.1, 0.15) is 54.9 Å². The molecule has 0 atom stereocenters. The lowest BCUT2D eigenvalue weighted by molar-refractivity contribution is -0.143. The number of aromatic nitrogens is 1. The number of alkyl halides is 6. The summed E-state index contributed by atoms with van der Waals surface area (Å²) in [5, 5.41) is 0.793. The van der Waals surface area contributed by atoms with Gasteiger partial charge in [-0.05, 0) is 61.6 Å². The third kappa shape index (κ3) is 6.98. The van der Waals surface area contributed by atoms with Crippen LogP contribution in [-0.4, -0.2) is 36.2 Å². The summed E-state index contributed by atoms with van der Waals surface area (Å²) in [6, 6.07) is 10.6. The van der Waals surface area contributed by atoms with Crippen LogP contribution >= 0.6 is 0 Å². The van der Waals surface area contributed by atoms with E-state index in [2.05, 4.69) is 4.90 Å². The van der Waals surface area contributed by atoms with Crippen LogP contribution in [0.25, 0.3) is 10.9 Å². The van der Waals surface area contributed by atoms with Crippen molar-refractivity contribution in [2.24, 2.45) is 5.92 Å². The Morgan fingerprint density at radius 1 is 0.950 bits per heavy atom. The van der Waals surface area contributed by atoms with E-state index in [-0.39, 0.29) is 18.2 Å². The molecule has 1 amide bonds. The van der Waals surface area contributed by atoms with Crippen molar-refractivity contribution >= 4 is 22.8 Å². The maximum Gasteiger partial charge on any atom is 0.416 e. The fourth-order valence-electron chi connectivity index (χ4n) is 5.26. The minimum Gasteiger partial charge on any atom is -0.453 e. The van der Waals surface area contributed by atoms with Crippen molar-refractivity contribution in [1.82, 2.24) is 9.88 Å². The van der Waals surface area contributed by atoms with Crippen molar-refractivity contribution in [2.45, 2.75) is 58.0 Å². The smallest absolute Gasteiger partial charge is 0.416 e. The second-order valence-corrected chi connectivity index (χ2v) is 10.1. The standard InChI is InChI=1S/C29H31F6N3O2/c1-3-37(16-19-8-4-5-9-19)26-22(14-21-10-6-7-11-25(21)36-26)18-38(27(39)40-2)17-20-12-23(28(30,31)32)15-24(13-20)29(33,34)35/h6-7,10-15,19H,3-5,8-9,16-18H2,1-2H3. The zero-order valence-corrected chi connectivity index (χ0v) is 22.3. The summed E-state index contributed by atoms with van der Waals surface area (Å²) in [5.74, 6) is 1.12. The Morgan fingerprint density at radius 3 is 2.15 bits per heavy atom. The predicted molar refractivity (Wildman–Crippen MR) is 140 cm³/mol. The number of fused-ring (bicyclic) bond motifs is 1. The first-order chi connectivity index (χ1) is 18.9. The largest absolute Gasteiger partial charge is 0.453 e. The topological polar surface area (TPSA) is 45.7 Å². The van der Waals surface area contributed by atoms with Gasteiger partial charge in [-0.1, -0.05) is 31.0 Å². The highest BCUT2D eigenvalue weighted by atomic mass is 19.4. The normalized spacial score (nSPS) is 14.5. The number of methoxy groups -OCH3 is 1. The third-order valence-corrected chi connectivity index (χ3v) is 7.23. The molecule has 2 aromatic carbocycles. The number of rotatable bonds is 8. The Bertz CT molecular complexity index is 1300. The number of hydrogen-bond acceptors (Lipinski definition) is 4. The molecule has 0 radical (unpaired) electrons. The fraction of sp³-hybridized carbons (Fsp3) is 0.448. The minimum absolute atomic E-state index is 0.0689. The number of anilines is 1. The summed E-state index contributed by atoms with van der Waals surface area (Å²) >= 11 is 0. The summed E-state index contributed by atoms with van der Waals surface area (Å²) in [7, 11) is 1.11. The first-order valence-electron chi connectivity index (χ1n) is 13.1. The monoisotopic (exact) mass is 567 g/mol. The Balaban J connectivity index is 1.74. The Hall–Kier alpha value is -3.50. The lowest BCUT2D eigenvalue weighted by Gasteiger charge is -2.30. The molecule has 0 aliphatic heterocycles. The molecule has 1 fully saturated rings. The van der Waals surface area contributed by atoms with E-state index in [1.807, 2.05) is 37.3 Å². The number of nitrogens with zero attached hydrogens (tertiary/aromatic N) is 3. The number of ether oxygens (including phenoxy) is 1. The van der Waals surface area contributed by atoms with E-state index in [0.29, 0.717) is 36.0 Å². The molecule has 40 heavy (non-hydrogen) atoms. The number of benzene rings is 2. The fourth-order valence-corrected chi connectivity index (χ4v) is 5.26. The van der Waals surface area contributed by atoms with Gasteiger partial charge in [0, 0.05) is 30.6 Å². The molecule has 0 saturated heterocycles. The molecule has 4 rings (SSSR count). The lowest BCUT2D eigenvalue weighted by Crippen LogP contribution is -2.33. The number of pyridine rings is 1. The average molecular weight is 568 g/mol. The van der Waals surface area contributed by atoms with Crippen molar-refractivity contribution in [1.29, 1.82) is 0 Å². The van der Waals surface area contributed by atoms with E-state index in [1.165, 1.54) is 0 Å². The van der Waals surface area contributed by atoms with Gasteiger partial charge < -0.3 is 9.64 Å². The van der Waals surface area contributed by atoms with Gasteiger partial charge in [-0.2, -0.15) is 26.3 Å². The molecular weight excluding hydrogens is 536 g/mol. The molecule has 5 nitrogen and oxygen atoms in total. The first-order valence-corrected chi connectivity index (χ1v) is 13.1. The summed E-state index contributed by atoms with van der Waals surface area (Å²) in [4.78, 5) is 20.9. The molecule has 11 heteroatoms. The summed E-state index contributed by atoms with van der Waals surface area (Å²) in [5.41, 5.74) is -1.84. The quantitative estimate of drug-likeness (QED) is 0.258. The van der Waals surface area contributed by atoms with Crippen LogP contribution in [0.3, 0.4) is 0 Å². The highest BCUT2D eigenvalue weighted by Gasteiger charge is 2.37. The van der Waals surface area contributed by atoms with E-state index >= 15 is 0 Å². The molecule has 1 saturated carbocycles. The molecule has 0 N–H and O–H groups in total. The van der Waals surface area contributed by atoms with Gasteiger partial charge in [-0.15, -0.1) is 0 Å². The molecule has 3 aromatic rings. The van der Waals surface area contributed by atoms with Crippen LogP contribution in [0.4, 0.5) is 37.0 Å². The van der Waals surface area contributed by atoms with E-state index in [4.69, 9.17) is 9.72 Å². The molecule has 0 unspecified atom stereocenters. The number of carbonyl (C=O) groups excluding carboxylic acids is 1. The second-order valence-electron chi connectivity index (χ2n) is 10.1.